The van der Waals surface area contributed by atoms with Gasteiger partial charge in [0.05, 0.1) is 6.61 Å². The van der Waals surface area contributed by atoms with E-state index in [-0.39, 0.29) is 5.97 Å². The predicted molar refractivity (Wildman–Crippen MR) is 80.2 cm³/mol. The highest BCUT2D eigenvalue weighted by molar-refractivity contribution is 5.96. The maximum absolute atomic E-state index is 10.7. The van der Waals surface area contributed by atoms with E-state index < -0.39 is 24.0 Å². The largest absolute Gasteiger partial charge is 0.478 e. The molecular formula is C15H22O8. The summed E-state index contributed by atoms with van der Waals surface area (Å²) in [6, 6.07) is 0. The van der Waals surface area contributed by atoms with Crippen LogP contribution in [0.3, 0.4) is 0 Å². The van der Waals surface area contributed by atoms with Crippen molar-refractivity contribution in [3.05, 3.63) is 24.3 Å². The molecule has 8 heteroatoms. The number of unbranched alkanes of at least 4 members (excludes halogenated alkanes) is 1. The molecule has 0 bridgehead atoms. The maximum atomic E-state index is 10.7. The topological polar surface area (TPSA) is 127 Å². The molecule has 0 amide bonds. The molecule has 1 atom stereocenters. The van der Waals surface area contributed by atoms with Crippen LogP contribution in [0.25, 0.3) is 0 Å². The monoisotopic (exact) mass is 330 g/mol. The van der Waals surface area contributed by atoms with Crippen molar-refractivity contribution >= 4 is 23.9 Å². The fourth-order valence-electron chi connectivity index (χ4n) is 0.790. The Morgan fingerprint density at radius 3 is 2.17 bits per heavy atom. The van der Waals surface area contributed by atoms with Crippen molar-refractivity contribution in [2.75, 3.05) is 6.61 Å². The molecule has 0 aromatic rings. The first-order valence-corrected chi connectivity index (χ1v) is 6.79. The lowest BCUT2D eigenvalue weighted by Crippen LogP contribution is -2.21. The highest BCUT2D eigenvalue weighted by atomic mass is 16.6. The highest BCUT2D eigenvalue weighted by Gasteiger charge is 2.13. The number of rotatable bonds is 7. The van der Waals surface area contributed by atoms with Gasteiger partial charge < -0.3 is 19.7 Å². The second-order valence-electron chi connectivity index (χ2n) is 4.36. The molecule has 0 aliphatic heterocycles. The zero-order valence-corrected chi connectivity index (χ0v) is 13.4. The summed E-state index contributed by atoms with van der Waals surface area (Å²) in [5.74, 6) is -3.87. The lowest BCUT2D eigenvalue weighted by molar-refractivity contribution is -0.162. The molecule has 0 saturated heterocycles. The Balaban J connectivity index is 0. The molecule has 0 aromatic heterocycles. The Morgan fingerprint density at radius 1 is 1.22 bits per heavy atom. The average molecular weight is 330 g/mol. The van der Waals surface area contributed by atoms with Crippen molar-refractivity contribution in [3.63, 3.8) is 0 Å². The summed E-state index contributed by atoms with van der Waals surface area (Å²) < 4.78 is 8.79. The van der Waals surface area contributed by atoms with Crippen LogP contribution in [-0.4, -0.2) is 46.8 Å². The summed E-state index contributed by atoms with van der Waals surface area (Å²) >= 11 is 0. The molecule has 0 rings (SSSR count). The molecule has 2 N–H and O–H groups in total. The first-order valence-electron chi connectivity index (χ1n) is 6.79. The average Bonchev–Trinajstić information content (AvgIpc) is 2.45. The van der Waals surface area contributed by atoms with Crippen LogP contribution in [0.1, 0.15) is 33.6 Å². The third kappa shape index (κ3) is 15.7. The Morgan fingerprint density at radius 2 is 1.78 bits per heavy atom. The van der Waals surface area contributed by atoms with Crippen LogP contribution in [0.5, 0.6) is 0 Å². The zero-order chi connectivity index (χ0) is 18.4. The van der Waals surface area contributed by atoms with E-state index in [9.17, 15) is 19.2 Å². The molecule has 0 aromatic carbocycles. The third-order valence-corrected chi connectivity index (χ3v) is 1.98. The standard InChI is InChI=1S/C8H14O2.C7H8O6/c1-4-5-6-10-8(9)7(2)3;1-4(8)7(12)13-6(11)3-2-5(9)10/h2,4-6H2,1,3H3;2-4,8H,1H3,(H,9,10)/b;3-2-. The van der Waals surface area contributed by atoms with Crippen molar-refractivity contribution in [2.45, 2.75) is 39.7 Å². The summed E-state index contributed by atoms with van der Waals surface area (Å²) in [7, 11) is 0. The van der Waals surface area contributed by atoms with E-state index in [1.165, 1.54) is 0 Å². The van der Waals surface area contributed by atoms with Crippen LogP contribution in [0.4, 0.5) is 0 Å². The van der Waals surface area contributed by atoms with Gasteiger partial charge in [-0.15, -0.1) is 0 Å². The number of hydrogen-bond acceptors (Lipinski definition) is 7. The summed E-state index contributed by atoms with van der Waals surface area (Å²) in [6.07, 6.45) is 1.66. The fraction of sp³-hybridized carbons (Fsp3) is 0.467. The van der Waals surface area contributed by atoms with E-state index in [0.29, 0.717) is 24.3 Å². The third-order valence-electron chi connectivity index (χ3n) is 1.98. The summed E-state index contributed by atoms with van der Waals surface area (Å²) in [5.41, 5.74) is 0.469. The van der Waals surface area contributed by atoms with Crippen molar-refractivity contribution in [3.8, 4) is 0 Å². The number of aliphatic hydroxyl groups is 1. The molecule has 8 nitrogen and oxygen atoms in total. The van der Waals surface area contributed by atoms with Gasteiger partial charge in [-0.1, -0.05) is 19.9 Å². The molecule has 130 valence electrons. The molecule has 0 heterocycles. The molecule has 0 aliphatic carbocycles. The van der Waals surface area contributed by atoms with Gasteiger partial charge in [0, 0.05) is 17.7 Å². The number of aliphatic carboxylic acids is 1. The molecule has 0 saturated carbocycles. The molecule has 0 radical (unpaired) electrons. The number of aliphatic hydroxyl groups excluding tert-OH is 1. The van der Waals surface area contributed by atoms with Crippen molar-refractivity contribution in [2.24, 2.45) is 0 Å². The maximum Gasteiger partial charge on any atom is 0.342 e. The summed E-state index contributed by atoms with van der Waals surface area (Å²) in [5, 5.41) is 16.7. The lowest BCUT2D eigenvalue weighted by Gasteiger charge is -2.01. The second kappa shape index (κ2) is 13.2. The number of esters is 3. The minimum absolute atomic E-state index is 0.284. The van der Waals surface area contributed by atoms with Gasteiger partial charge in [0.2, 0.25) is 0 Å². The van der Waals surface area contributed by atoms with E-state index in [4.69, 9.17) is 14.9 Å². The normalized spacial score (nSPS) is 11.0. The zero-order valence-electron chi connectivity index (χ0n) is 13.4. The SMILES string of the molecule is C=C(C)C(=O)OCCCC.CC(O)C(=O)OC(=O)/C=C\C(=O)O. The molecule has 23 heavy (non-hydrogen) atoms. The van der Waals surface area contributed by atoms with Crippen LogP contribution in [0.2, 0.25) is 0 Å². The van der Waals surface area contributed by atoms with Gasteiger partial charge in [0.15, 0.2) is 0 Å². The number of carbonyl (C=O) groups excluding carboxylic acids is 3. The second-order valence-corrected chi connectivity index (χ2v) is 4.36. The lowest BCUT2D eigenvalue weighted by atomic mass is 10.3. The molecule has 0 spiro atoms. The van der Waals surface area contributed by atoms with E-state index in [0.717, 1.165) is 19.8 Å². The van der Waals surface area contributed by atoms with Crippen LogP contribution < -0.4 is 0 Å². The Bertz CT molecular complexity index is 462. The van der Waals surface area contributed by atoms with Crippen molar-refractivity contribution in [1.82, 2.24) is 0 Å². The van der Waals surface area contributed by atoms with Gasteiger partial charge in [0.25, 0.3) is 0 Å². The van der Waals surface area contributed by atoms with Crippen molar-refractivity contribution < 1.29 is 38.9 Å². The quantitative estimate of drug-likeness (QED) is 0.306. The van der Waals surface area contributed by atoms with Crippen molar-refractivity contribution in [1.29, 1.82) is 0 Å². The minimum atomic E-state index is -1.41. The molecule has 0 fully saturated rings. The van der Waals surface area contributed by atoms with E-state index >= 15 is 0 Å². The van der Waals surface area contributed by atoms with Crippen LogP contribution in [-0.2, 0) is 28.7 Å². The number of carbonyl (C=O) groups is 4. The first kappa shape index (κ1) is 22.8. The van der Waals surface area contributed by atoms with Crippen LogP contribution in [0, 0.1) is 0 Å². The Hall–Kier alpha value is -2.48. The van der Waals surface area contributed by atoms with E-state index in [2.05, 4.69) is 18.2 Å². The Kier molecular flexibility index (Phi) is 13.1. The molecular weight excluding hydrogens is 308 g/mol. The molecule has 0 aliphatic rings. The smallest absolute Gasteiger partial charge is 0.342 e. The fourth-order valence-corrected chi connectivity index (χ4v) is 0.790. The number of hydrogen-bond donors (Lipinski definition) is 2. The van der Waals surface area contributed by atoms with E-state index in [1.807, 2.05) is 0 Å². The molecule has 1 unspecified atom stereocenters. The van der Waals surface area contributed by atoms with Crippen LogP contribution >= 0.6 is 0 Å². The van der Waals surface area contributed by atoms with Gasteiger partial charge in [-0.2, -0.15) is 0 Å². The van der Waals surface area contributed by atoms with Gasteiger partial charge in [-0.3, -0.25) is 0 Å². The summed E-state index contributed by atoms with van der Waals surface area (Å²) in [6.45, 7) is 8.79. The first-order chi connectivity index (χ1) is 10.6. The van der Waals surface area contributed by atoms with Crippen LogP contribution in [0.15, 0.2) is 24.3 Å². The van der Waals surface area contributed by atoms with Gasteiger partial charge >= 0.3 is 23.9 Å². The number of carboxylic acid groups (broad SMARTS) is 1. The van der Waals surface area contributed by atoms with E-state index in [1.54, 1.807) is 6.92 Å². The highest BCUT2D eigenvalue weighted by Crippen LogP contribution is 1.94. The van der Waals surface area contributed by atoms with Gasteiger partial charge in [-0.25, -0.2) is 19.2 Å². The number of carboxylic acids is 1. The predicted octanol–water partition coefficient (Wildman–Crippen LogP) is 0.984. The minimum Gasteiger partial charge on any atom is -0.478 e. The Labute approximate surface area is 134 Å². The van der Waals surface area contributed by atoms with Gasteiger partial charge in [-0.05, 0) is 20.3 Å². The summed E-state index contributed by atoms with van der Waals surface area (Å²) in [4.78, 5) is 41.7. The van der Waals surface area contributed by atoms with Gasteiger partial charge in [0.1, 0.15) is 6.10 Å². The number of ether oxygens (including phenoxy) is 2.